The summed E-state index contributed by atoms with van der Waals surface area (Å²) in [7, 11) is 0. The minimum atomic E-state index is -4.55. The predicted molar refractivity (Wildman–Crippen MR) is 61.2 cm³/mol. The van der Waals surface area contributed by atoms with Crippen LogP contribution in [-0.4, -0.2) is 29.0 Å². The Hall–Kier alpha value is -1.86. The van der Waals surface area contributed by atoms with E-state index in [0.29, 0.717) is 25.9 Å². The molecule has 0 atom stereocenters. The topological polar surface area (TPSA) is 72.1 Å². The second-order valence-corrected chi connectivity index (χ2v) is 4.40. The Morgan fingerprint density at radius 3 is 2.53 bits per heavy atom. The van der Waals surface area contributed by atoms with E-state index >= 15 is 0 Å². The minimum absolute atomic E-state index is 0.208. The van der Waals surface area contributed by atoms with Gasteiger partial charge in [0.1, 0.15) is 5.82 Å². The van der Waals surface area contributed by atoms with E-state index in [1.165, 1.54) is 6.07 Å². The van der Waals surface area contributed by atoms with Gasteiger partial charge in [0.2, 0.25) is 11.7 Å². The Labute approximate surface area is 107 Å². The van der Waals surface area contributed by atoms with Gasteiger partial charge in [0.25, 0.3) is 0 Å². The molecular formula is C11H13F3N4O. The third kappa shape index (κ3) is 3.12. The number of amides is 1. The summed E-state index contributed by atoms with van der Waals surface area (Å²) in [5.41, 5.74) is 5.20. The van der Waals surface area contributed by atoms with Crippen LogP contribution in [-0.2, 0) is 11.0 Å². The molecule has 19 heavy (non-hydrogen) atoms. The number of alkyl halides is 3. The summed E-state index contributed by atoms with van der Waals surface area (Å²) in [5, 5.41) is 0. The molecule has 5 nitrogen and oxygen atoms in total. The third-order valence-electron chi connectivity index (χ3n) is 3.12. The van der Waals surface area contributed by atoms with Crippen molar-refractivity contribution in [1.29, 1.82) is 0 Å². The van der Waals surface area contributed by atoms with E-state index in [-0.39, 0.29) is 17.6 Å². The normalized spacial score (nSPS) is 17.5. The van der Waals surface area contributed by atoms with Crippen LogP contribution in [0.3, 0.4) is 0 Å². The van der Waals surface area contributed by atoms with Gasteiger partial charge >= 0.3 is 6.18 Å². The van der Waals surface area contributed by atoms with Crippen molar-refractivity contribution in [2.24, 2.45) is 11.7 Å². The van der Waals surface area contributed by atoms with Gasteiger partial charge in [-0.3, -0.25) is 4.79 Å². The van der Waals surface area contributed by atoms with E-state index in [2.05, 4.69) is 9.97 Å². The monoisotopic (exact) mass is 274 g/mol. The first-order chi connectivity index (χ1) is 8.88. The second-order valence-electron chi connectivity index (χ2n) is 4.40. The van der Waals surface area contributed by atoms with Crippen LogP contribution in [0.5, 0.6) is 0 Å². The molecule has 0 aromatic carbocycles. The Bertz CT molecular complexity index is 469. The lowest BCUT2D eigenvalue weighted by Gasteiger charge is -2.31. The van der Waals surface area contributed by atoms with Crippen LogP contribution in [0.1, 0.15) is 18.7 Å². The zero-order valence-electron chi connectivity index (χ0n) is 10.0. The Balaban J connectivity index is 2.10. The molecule has 0 spiro atoms. The molecule has 1 amide bonds. The van der Waals surface area contributed by atoms with Gasteiger partial charge in [-0.15, -0.1) is 0 Å². The predicted octanol–water partition coefficient (Wildman–Crippen LogP) is 1.20. The largest absolute Gasteiger partial charge is 0.451 e. The number of nitrogens with two attached hydrogens (primary N) is 1. The van der Waals surface area contributed by atoms with Gasteiger partial charge in [0, 0.05) is 25.2 Å². The van der Waals surface area contributed by atoms with E-state index in [1.54, 1.807) is 4.90 Å². The minimum Gasteiger partial charge on any atom is -0.369 e. The van der Waals surface area contributed by atoms with Crippen LogP contribution < -0.4 is 10.6 Å². The highest BCUT2D eigenvalue weighted by Crippen LogP contribution is 2.28. The molecule has 0 radical (unpaired) electrons. The highest BCUT2D eigenvalue weighted by atomic mass is 19.4. The van der Waals surface area contributed by atoms with Crippen LogP contribution in [0.15, 0.2) is 12.3 Å². The number of carbonyl (C=O) groups is 1. The molecule has 1 aliphatic rings. The summed E-state index contributed by atoms with van der Waals surface area (Å²) in [4.78, 5) is 19.4. The number of piperidine rings is 1. The zero-order valence-corrected chi connectivity index (χ0v) is 10.0. The quantitative estimate of drug-likeness (QED) is 0.879. The number of rotatable bonds is 2. The van der Waals surface area contributed by atoms with E-state index in [1.807, 2.05) is 0 Å². The van der Waals surface area contributed by atoms with Crippen LogP contribution in [0, 0.1) is 5.92 Å². The highest BCUT2D eigenvalue weighted by molar-refractivity contribution is 5.76. The van der Waals surface area contributed by atoms with Crippen molar-refractivity contribution >= 4 is 11.7 Å². The molecule has 2 N–H and O–H groups in total. The van der Waals surface area contributed by atoms with Crippen molar-refractivity contribution < 1.29 is 18.0 Å². The van der Waals surface area contributed by atoms with Crippen molar-refractivity contribution in [3.63, 3.8) is 0 Å². The molecule has 0 unspecified atom stereocenters. The van der Waals surface area contributed by atoms with Crippen molar-refractivity contribution in [2.45, 2.75) is 19.0 Å². The summed E-state index contributed by atoms with van der Waals surface area (Å²) in [5.74, 6) is -1.49. The molecule has 1 aliphatic heterocycles. The highest BCUT2D eigenvalue weighted by Gasteiger charge is 2.35. The molecule has 1 fully saturated rings. The number of nitrogens with zero attached hydrogens (tertiary/aromatic N) is 3. The molecule has 0 saturated carbocycles. The van der Waals surface area contributed by atoms with E-state index in [9.17, 15) is 18.0 Å². The fourth-order valence-corrected chi connectivity index (χ4v) is 2.05. The molecule has 104 valence electrons. The van der Waals surface area contributed by atoms with E-state index in [0.717, 1.165) is 6.20 Å². The molecule has 2 rings (SSSR count). The summed E-state index contributed by atoms with van der Waals surface area (Å²) < 4.78 is 37.5. The van der Waals surface area contributed by atoms with E-state index in [4.69, 9.17) is 5.73 Å². The summed E-state index contributed by atoms with van der Waals surface area (Å²) >= 11 is 0. The number of hydrogen-bond donors (Lipinski definition) is 1. The number of primary amides is 1. The lowest BCUT2D eigenvalue weighted by Crippen LogP contribution is -2.39. The van der Waals surface area contributed by atoms with Crippen LogP contribution in [0.4, 0.5) is 19.0 Å². The van der Waals surface area contributed by atoms with E-state index < -0.39 is 12.0 Å². The molecule has 2 heterocycles. The fourth-order valence-electron chi connectivity index (χ4n) is 2.05. The Kier molecular flexibility index (Phi) is 3.59. The SMILES string of the molecule is NC(=O)C1CCN(c2ccnc(C(F)(F)F)n2)CC1. The lowest BCUT2D eigenvalue weighted by molar-refractivity contribution is -0.144. The Morgan fingerprint density at radius 1 is 1.37 bits per heavy atom. The maximum atomic E-state index is 12.5. The average molecular weight is 274 g/mol. The zero-order chi connectivity index (χ0) is 14.0. The van der Waals surface area contributed by atoms with Gasteiger partial charge in [0.05, 0.1) is 0 Å². The first-order valence-electron chi connectivity index (χ1n) is 5.82. The smallest absolute Gasteiger partial charge is 0.369 e. The summed E-state index contributed by atoms with van der Waals surface area (Å²) in [6, 6.07) is 1.43. The average Bonchev–Trinajstić information content (AvgIpc) is 2.38. The van der Waals surface area contributed by atoms with Gasteiger partial charge < -0.3 is 10.6 Å². The third-order valence-corrected chi connectivity index (χ3v) is 3.12. The molecule has 0 bridgehead atoms. The molecule has 0 aliphatic carbocycles. The van der Waals surface area contributed by atoms with Crippen molar-refractivity contribution in [1.82, 2.24) is 9.97 Å². The second kappa shape index (κ2) is 5.02. The molecule has 1 aromatic heterocycles. The number of aromatic nitrogens is 2. The van der Waals surface area contributed by atoms with Crippen molar-refractivity contribution in [3.8, 4) is 0 Å². The van der Waals surface area contributed by atoms with Gasteiger partial charge in [-0.05, 0) is 18.9 Å². The van der Waals surface area contributed by atoms with Gasteiger partial charge in [0.15, 0.2) is 0 Å². The summed E-state index contributed by atoms with van der Waals surface area (Å²) in [6.07, 6.45) is -2.41. The molecule has 1 saturated heterocycles. The fraction of sp³-hybridized carbons (Fsp3) is 0.545. The molecule has 1 aromatic rings. The first-order valence-corrected chi connectivity index (χ1v) is 5.82. The number of halogens is 3. The number of anilines is 1. The number of carbonyl (C=O) groups excluding carboxylic acids is 1. The summed E-state index contributed by atoms with van der Waals surface area (Å²) in [6.45, 7) is 0.920. The van der Waals surface area contributed by atoms with Crippen LogP contribution in [0.25, 0.3) is 0 Å². The van der Waals surface area contributed by atoms with Gasteiger partial charge in [-0.2, -0.15) is 13.2 Å². The molecular weight excluding hydrogens is 261 g/mol. The van der Waals surface area contributed by atoms with Crippen molar-refractivity contribution in [3.05, 3.63) is 18.1 Å². The maximum Gasteiger partial charge on any atom is 0.451 e. The van der Waals surface area contributed by atoms with Crippen LogP contribution >= 0.6 is 0 Å². The Morgan fingerprint density at radius 2 is 2.00 bits per heavy atom. The lowest BCUT2D eigenvalue weighted by atomic mass is 9.96. The van der Waals surface area contributed by atoms with Crippen LogP contribution in [0.2, 0.25) is 0 Å². The van der Waals surface area contributed by atoms with Gasteiger partial charge in [-0.25, -0.2) is 9.97 Å². The standard InChI is InChI=1S/C11H13F3N4O/c12-11(13,14)10-16-4-1-8(17-10)18-5-2-7(3-6-18)9(15)19/h1,4,7H,2-3,5-6H2,(H2,15,19). The molecule has 8 heteroatoms. The van der Waals surface area contributed by atoms with Crippen molar-refractivity contribution in [2.75, 3.05) is 18.0 Å². The first kappa shape index (κ1) is 13.6. The maximum absolute atomic E-state index is 12.5. The number of hydrogen-bond acceptors (Lipinski definition) is 4. The van der Waals surface area contributed by atoms with Gasteiger partial charge in [-0.1, -0.05) is 0 Å².